The maximum atomic E-state index is 7.52. The molecule has 162 valence electrons. The molecule has 1 aromatic heterocycles. The van der Waals surface area contributed by atoms with Gasteiger partial charge in [-0.2, -0.15) is 0 Å². The van der Waals surface area contributed by atoms with E-state index in [9.17, 15) is 0 Å². The van der Waals surface area contributed by atoms with E-state index >= 15 is 0 Å². The molecule has 0 saturated carbocycles. The predicted octanol–water partition coefficient (Wildman–Crippen LogP) is 2.49. The van der Waals surface area contributed by atoms with Crippen molar-refractivity contribution in [3.8, 4) is 0 Å². The number of rotatable bonds is 8. The van der Waals surface area contributed by atoms with Crippen LogP contribution in [0.15, 0.2) is 53.5 Å². The second-order valence-corrected chi connectivity index (χ2v) is 7.72. The molecule has 0 aliphatic carbocycles. The summed E-state index contributed by atoms with van der Waals surface area (Å²) in [7, 11) is 1.84. The normalized spacial score (nSPS) is 10.8. The zero-order valence-corrected chi connectivity index (χ0v) is 18.4. The van der Waals surface area contributed by atoms with E-state index in [-0.39, 0.29) is 11.7 Å². The van der Waals surface area contributed by atoms with Crippen molar-refractivity contribution in [2.75, 3.05) is 7.05 Å². The summed E-state index contributed by atoms with van der Waals surface area (Å²) in [6.07, 6.45) is 1.75. The second-order valence-electron chi connectivity index (χ2n) is 7.72. The molecule has 0 unspecified atom stereocenters. The van der Waals surface area contributed by atoms with Crippen molar-refractivity contribution in [1.82, 2.24) is 9.13 Å². The Morgan fingerprint density at radius 3 is 1.39 bits per heavy atom. The van der Waals surface area contributed by atoms with Crippen molar-refractivity contribution >= 4 is 11.7 Å². The van der Waals surface area contributed by atoms with Crippen LogP contribution in [0.1, 0.15) is 33.6 Å². The molecule has 0 fully saturated rings. The predicted molar refractivity (Wildman–Crippen MR) is 126 cm³/mol. The Hall–Kier alpha value is -3.61. The highest BCUT2D eigenvalue weighted by atomic mass is 15.2. The molecule has 3 aromatic rings. The van der Waals surface area contributed by atoms with Crippen molar-refractivity contribution < 1.29 is 0 Å². The van der Waals surface area contributed by atoms with Gasteiger partial charge in [0.1, 0.15) is 11.7 Å². The molecule has 7 heteroatoms. The molecule has 0 spiro atoms. The number of aryl methyl sites for hydroxylation is 2. The van der Waals surface area contributed by atoms with Crippen LogP contribution in [0.3, 0.4) is 0 Å². The van der Waals surface area contributed by atoms with Gasteiger partial charge in [0.2, 0.25) is 5.62 Å². The zero-order chi connectivity index (χ0) is 22.5. The number of aromatic nitrogens is 2. The van der Waals surface area contributed by atoms with Gasteiger partial charge in [0.25, 0.3) is 0 Å². The van der Waals surface area contributed by atoms with Gasteiger partial charge in [-0.1, -0.05) is 48.5 Å². The topological polar surface area (TPSA) is 122 Å². The third-order valence-electron chi connectivity index (χ3n) is 5.79. The Morgan fingerprint density at radius 2 is 1.10 bits per heavy atom. The summed E-state index contributed by atoms with van der Waals surface area (Å²) in [5.41, 5.74) is 18.4. The molecule has 0 aliphatic heterocycles. The smallest absolute Gasteiger partial charge is 0.205 e. The van der Waals surface area contributed by atoms with Gasteiger partial charge in [0.15, 0.2) is 0 Å². The maximum Gasteiger partial charge on any atom is 0.205 e. The van der Waals surface area contributed by atoms with Crippen LogP contribution >= 0.6 is 0 Å². The highest BCUT2D eigenvalue weighted by molar-refractivity contribution is 5.95. The maximum absolute atomic E-state index is 7.52. The third kappa shape index (κ3) is 4.94. The summed E-state index contributed by atoms with van der Waals surface area (Å²) in [6.45, 7) is 5.94. The van der Waals surface area contributed by atoms with E-state index in [0.717, 1.165) is 42.7 Å². The molecule has 1 heterocycles. The van der Waals surface area contributed by atoms with Crippen LogP contribution in [0.25, 0.3) is 0 Å². The number of nitrogen functional groups attached to an aromatic ring is 2. The number of amidine groups is 2. The van der Waals surface area contributed by atoms with Crippen molar-refractivity contribution in [3.63, 3.8) is 0 Å². The lowest BCUT2D eigenvalue weighted by Crippen LogP contribution is -2.28. The molecule has 31 heavy (non-hydrogen) atoms. The lowest BCUT2D eigenvalue weighted by Gasteiger charge is -2.08. The fraction of sp³-hybridized carbons (Fsp3) is 0.292. The van der Waals surface area contributed by atoms with Gasteiger partial charge in [-0.25, -0.2) is 0 Å². The third-order valence-corrected chi connectivity index (χ3v) is 5.79. The minimum atomic E-state index is 0.0903. The van der Waals surface area contributed by atoms with Gasteiger partial charge in [-0.05, 0) is 37.8 Å². The SMILES string of the molecule is CN=c1n(CCc2ccc(C(=N)N)cc2)c(C)c(C)n1CCc1ccc(C(=N)N)cc1. The van der Waals surface area contributed by atoms with Crippen LogP contribution in [0, 0.1) is 24.7 Å². The minimum absolute atomic E-state index is 0.0903. The molecule has 0 atom stereocenters. The van der Waals surface area contributed by atoms with E-state index in [1.165, 1.54) is 22.5 Å². The highest BCUT2D eigenvalue weighted by Crippen LogP contribution is 2.11. The van der Waals surface area contributed by atoms with Crippen LogP contribution in [-0.2, 0) is 25.9 Å². The lowest BCUT2D eigenvalue weighted by molar-refractivity contribution is 0.581. The molecule has 6 N–H and O–H groups in total. The van der Waals surface area contributed by atoms with Crippen molar-refractivity contribution in [2.45, 2.75) is 39.8 Å². The average molecular weight is 418 g/mol. The largest absolute Gasteiger partial charge is 0.384 e. The van der Waals surface area contributed by atoms with Crippen molar-refractivity contribution in [2.24, 2.45) is 16.5 Å². The number of hydrogen-bond donors (Lipinski definition) is 4. The second kappa shape index (κ2) is 9.47. The molecule has 0 saturated heterocycles. The monoisotopic (exact) mass is 417 g/mol. The fourth-order valence-electron chi connectivity index (χ4n) is 3.80. The van der Waals surface area contributed by atoms with Crippen molar-refractivity contribution in [1.29, 1.82) is 10.8 Å². The van der Waals surface area contributed by atoms with Crippen LogP contribution in [0.4, 0.5) is 0 Å². The quantitative estimate of drug-likeness (QED) is 0.332. The van der Waals surface area contributed by atoms with Crippen LogP contribution in [-0.4, -0.2) is 27.9 Å². The van der Waals surface area contributed by atoms with E-state index in [1.54, 1.807) is 0 Å². The molecular weight excluding hydrogens is 386 g/mol. The summed E-state index contributed by atoms with van der Waals surface area (Å²) in [5.74, 6) is 0.181. The first-order valence-corrected chi connectivity index (χ1v) is 10.4. The highest BCUT2D eigenvalue weighted by Gasteiger charge is 2.12. The van der Waals surface area contributed by atoms with Gasteiger partial charge in [0.05, 0.1) is 0 Å². The number of nitrogens with two attached hydrogens (primary N) is 2. The Kier molecular flexibility index (Phi) is 6.74. The van der Waals surface area contributed by atoms with Gasteiger partial charge < -0.3 is 20.6 Å². The number of nitrogens with zero attached hydrogens (tertiary/aromatic N) is 3. The Labute approximate surface area is 183 Å². The van der Waals surface area contributed by atoms with Crippen LogP contribution in [0.5, 0.6) is 0 Å². The van der Waals surface area contributed by atoms with E-state index < -0.39 is 0 Å². The zero-order valence-electron chi connectivity index (χ0n) is 18.4. The van der Waals surface area contributed by atoms with Gasteiger partial charge in [-0.3, -0.25) is 15.8 Å². The molecule has 0 aliphatic rings. The van der Waals surface area contributed by atoms with Gasteiger partial charge in [0, 0.05) is 42.7 Å². The first-order chi connectivity index (χ1) is 14.8. The summed E-state index contributed by atoms with van der Waals surface area (Å²) in [4.78, 5) is 4.59. The average Bonchev–Trinajstić information content (AvgIpc) is 3.00. The van der Waals surface area contributed by atoms with Crippen LogP contribution < -0.4 is 17.1 Å². The fourth-order valence-corrected chi connectivity index (χ4v) is 3.80. The number of imidazole rings is 1. The standard InChI is InChI=1S/C24H31N7/c1-16-17(2)31(15-13-19-6-10-21(11-7-19)23(27)28)24(29-3)30(16)14-12-18-4-8-20(9-5-18)22(25)26/h4-11H,12-15H2,1-3H3,(H3,25,26)(H3,27,28). The first-order valence-electron chi connectivity index (χ1n) is 10.4. The molecule has 3 rings (SSSR count). The first kappa shape index (κ1) is 22.1. The minimum Gasteiger partial charge on any atom is -0.384 e. The summed E-state index contributed by atoms with van der Waals surface area (Å²) in [6, 6.07) is 15.7. The Balaban J connectivity index is 1.76. The van der Waals surface area contributed by atoms with Crippen LogP contribution in [0.2, 0.25) is 0 Å². The van der Waals surface area contributed by atoms with E-state index in [4.69, 9.17) is 22.3 Å². The van der Waals surface area contributed by atoms with E-state index in [2.05, 4.69) is 28.0 Å². The van der Waals surface area contributed by atoms with E-state index in [0.29, 0.717) is 0 Å². The summed E-state index contributed by atoms with van der Waals surface area (Å²) >= 11 is 0. The molecule has 7 nitrogen and oxygen atoms in total. The Morgan fingerprint density at radius 1 is 0.742 bits per heavy atom. The molecule has 0 bridgehead atoms. The summed E-state index contributed by atoms with van der Waals surface area (Å²) < 4.78 is 4.54. The van der Waals surface area contributed by atoms with Crippen molar-refractivity contribution in [3.05, 3.63) is 87.8 Å². The van der Waals surface area contributed by atoms with E-state index in [1.807, 2.05) is 55.6 Å². The molecule has 2 aromatic carbocycles. The molecule has 0 radical (unpaired) electrons. The molecule has 0 amide bonds. The number of hydrogen-bond acceptors (Lipinski definition) is 3. The van der Waals surface area contributed by atoms with Gasteiger partial charge >= 0.3 is 0 Å². The number of nitrogens with one attached hydrogen (secondary N) is 2. The molecular formula is C24H31N7. The lowest BCUT2D eigenvalue weighted by atomic mass is 10.1. The number of benzene rings is 2. The summed E-state index contributed by atoms with van der Waals surface area (Å²) in [5, 5.41) is 15.0. The van der Waals surface area contributed by atoms with Gasteiger partial charge in [-0.15, -0.1) is 0 Å². The Bertz CT molecular complexity index is 1060.